The van der Waals surface area contributed by atoms with E-state index in [9.17, 15) is 10.5 Å². The Bertz CT molecular complexity index is 3400. The maximum Gasteiger partial charge on any atom is 0.0992 e. The number of para-hydroxylation sites is 4. The Hall–Kier alpha value is -7.86. The van der Waals surface area contributed by atoms with Crippen molar-refractivity contribution >= 4 is 65.4 Å². The lowest BCUT2D eigenvalue weighted by atomic mass is 10.0. The maximum absolute atomic E-state index is 9.99. The molecule has 0 aliphatic carbocycles. The molecule has 0 unspecified atom stereocenters. The van der Waals surface area contributed by atoms with E-state index in [0.717, 1.165) is 72.1 Å². The third-order valence-corrected chi connectivity index (χ3v) is 11.1. The lowest BCUT2D eigenvalue weighted by Crippen LogP contribution is -1.99. The number of nitriles is 2. The number of fused-ring (bicyclic) bond motifs is 9. The van der Waals surface area contributed by atoms with Gasteiger partial charge in [0.05, 0.1) is 62.1 Å². The zero-order valence-corrected chi connectivity index (χ0v) is 29.5. The molecule has 0 saturated carbocycles. The average molecular weight is 700 g/mol. The molecule has 0 saturated heterocycles. The number of hydrogen-bond acceptors (Lipinski definition) is 2. The van der Waals surface area contributed by atoms with E-state index < -0.39 is 0 Å². The van der Waals surface area contributed by atoms with E-state index in [4.69, 9.17) is 0 Å². The van der Waals surface area contributed by atoms with Crippen LogP contribution in [0.25, 0.3) is 93.6 Å². The summed E-state index contributed by atoms with van der Waals surface area (Å²) in [5, 5.41) is 26.6. The van der Waals surface area contributed by atoms with Crippen molar-refractivity contribution in [3.63, 3.8) is 0 Å². The van der Waals surface area contributed by atoms with Crippen molar-refractivity contribution < 1.29 is 0 Å². The predicted octanol–water partition coefficient (Wildman–Crippen LogP) is 12.4. The summed E-state index contributed by atoms with van der Waals surface area (Å²) in [6.45, 7) is 0. The van der Waals surface area contributed by atoms with Gasteiger partial charge in [0.25, 0.3) is 0 Å². The highest BCUT2D eigenvalue weighted by atomic mass is 15.0. The summed E-state index contributed by atoms with van der Waals surface area (Å²) in [6, 6.07) is 66.1. The van der Waals surface area contributed by atoms with Crippen LogP contribution in [-0.4, -0.2) is 13.7 Å². The van der Waals surface area contributed by atoms with Gasteiger partial charge in [-0.1, -0.05) is 97.1 Å². The molecule has 11 rings (SSSR count). The first-order chi connectivity index (χ1) is 27.2. The molecule has 0 radical (unpaired) electrons. The highest BCUT2D eigenvalue weighted by Gasteiger charge is 2.19. The molecular weight excluding hydrogens is 671 g/mol. The smallest absolute Gasteiger partial charge is 0.0992 e. The molecule has 0 spiro atoms. The molecule has 11 aromatic rings. The number of hydrogen-bond donors (Lipinski definition) is 0. The summed E-state index contributed by atoms with van der Waals surface area (Å²) in [7, 11) is 0. The van der Waals surface area contributed by atoms with Gasteiger partial charge >= 0.3 is 0 Å². The summed E-state index contributed by atoms with van der Waals surface area (Å²) in [5.41, 5.74) is 13.1. The van der Waals surface area contributed by atoms with Crippen LogP contribution < -0.4 is 0 Å². The van der Waals surface area contributed by atoms with Crippen LogP contribution in [0.5, 0.6) is 0 Å². The van der Waals surface area contributed by atoms with Crippen LogP contribution in [0, 0.1) is 22.7 Å². The van der Waals surface area contributed by atoms with Gasteiger partial charge in [-0.2, -0.15) is 10.5 Å². The van der Waals surface area contributed by atoms with E-state index in [0.29, 0.717) is 11.1 Å². The Balaban J connectivity index is 1.10. The largest absolute Gasteiger partial charge is 0.309 e. The van der Waals surface area contributed by atoms with E-state index in [1.54, 1.807) is 0 Å². The highest BCUT2D eigenvalue weighted by Crippen LogP contribution is 2.39. The van der Waals surface area contributed by atoms with Gasteiger partial charge in [0.15, 0.2) is 0 Å². The summed E-state index contributed by atoms with van der Waals surface area (Å²) >= 11 is 0. The first kappa shape index (κ1) is 30.7. The molecule has 254 valence electrons. The summed E-state index contributed by atoms with van der Waals surface area (Å²) in [6.07, 6.45) is 0. The quantitative estimate of drug-likeness (QED) is 0.184. The van der Waals surface area contributed by atoms with Gasteiger partial charge in [0.2, 0.25) is 0 Å². The second-order valence-corrected chi connectivity index (χ2v) is 14.0. The number of nitrogens with zero attached hydrogens (tertiary/aromatic N) is 5. The van der Waals surface area contributed by atoms with Gasteiger partial charge in [-0.25, -0.2) is 0 Å². The van der Waals surface area contributed by atoms with Crippen molar-refractivity contribution in [1.29, 1.82) is 10.5 Å². The van der Waals surface area contributed by atoms with E-state index in [1.165, 1.54) is 21.5 Å². The topological polar surface area (TPSA) is 62.4 Å². The van der Waals surface area contributed by atoms with Crippen molar-refractivity contribution in [3.05, 3.63) is 187 Å². The van der Waals surface area contributed by atoms with Crippen molar-refractivity contribution in [2.45, 2.75) is 0 Å². The first-order valence-electron chi connectivity index (χ1n) is 18.3. The van der Waals surface area contributed by atoms with Crippen LogP contribution in [0.2, 0.25) is 0 Å². The minimum atomic E-state index is 0.618. The second-order valence-electron chi connectivity index (χ2n) is 14.0. The molecule has 5 heteroatoms. The Morgan fingerprint density at radius 3 is 1.38 bits per heavy atom. The fraction of sp³-hybridized carbons (Fsp3) is 0. The molecule has 5 nitrogen and oxygen atoms in total. The van der Waals surface area contributed by atoms with Gasteiger partial charge in [0, 0.05) is 49.3 Å². The highest BCUT2D eigenvalue weighted by molar-refractivity contribution is 6.13. The molecule has 0 aliphatic rings. The Labute approximate surface area is 316 Å². The third kappa shape index (κ3) is 4.51. The van der Waals surface area contributed by atoms with E-state index in [-0.39, 0.29) is 0 Å². The molecule has 8 aromatic carbocycles. The molecular formula is C50H29N5. The number of benzene rings is 8. The molecule has 0 atom stereocenters. The molecule has 0 amide bonds. The third-order valence-electron chi connectivity index (χ3n) is 11.1. The first-order valence-corrected chi connectivity index (χ1v) is 18.3. The average Bonchev–Trinajstić information content (AvgIpc) is 3.88. The maximum atomic E-state index is 9.99. The van der Waals surface area contributed by atoms with Crippen molar-refractivity contribution in [2.75, 3.05) is 0 Å². The van der Waals surface area contributed by atoms with E-state index >= 15 is 0 Å². The molecule has 3 heterocycles. The van der Waals surface area contributed by atoms with Gasteiger partial charge in [-0.05, 0) is 84.4 Å². The van der Waals surface area contributed by atoms with Crippen LogP contribution in [-0.2, 0) is 0 Å². The van der Waals surface area contributed by atoms with Crippen LogP contribution in [0.15, 0.2) is 176 Å². The van der Waals surface area contributed by atoms with Crippen LogP contribution in [0.3, 0.4) is 0 Å². The van der Waals surface area contributed by atoms with E-state index in [2.05, 4.69) is 177 Å². The summed E-state index contributed by atoms with van der Waals surface area (Å²) in [5.74, 6) is 0. The van der Waals surface area contributed by atoms with Crippen LogP contribution in [0.1, 0.15) is 11.1 Å². The Kier molecular flexibility index (Phi) is 6.61. The second kappa shape index (κ2) is 11.8. The monoisotopic (exact) mass is 699 g/mol. The molecule has 0 N–H and O–H groups in total. The minimum absolute atomic E-state index is 0.618. The standard InChI is InChI=1S/C50H29N5/c51-30-32-18-26-48-43(27-32)41-12-4-6-14-45(41)54(48)36-23-25-42-40-11-1-5-13-44(40)53(50(42)29-36)35-21-19-34(20-22-35)37-24-17-33(31-52)28-49(37)55-46-15-7-2-9-38(46)39-10-3-8-16-47(39)55/h1-29H. The van der Waals surface area contributed by atoms with Gasteiger partial charge in [0.1, 0.15) is 0 Å². The summed E-state index contributed by atoms with van der Waals surface area (Å²) in [4.78, 5) is 0. The Morgan fingerprint density at radius 2 is 0.782 bits per heavy atom. The summed E-state index contributed by atoms with van der Waals surface area (Å²) < 4.78 is 6.95. The van der Waals surface area contributed by atoms with Crippen molar-refractivity contribution in [2.24, 2.45) is 0 Å². The molecule has 55 heavy (non-hydrogen) atoms. The predicted molar refractivity (Wildman–Crippen MR) is 224 cm³/mol. The molecule has 0 bridgehead atoms. The fourth-order valence-corrected chi connectivity index (χ4v) is 8.70. The minimum Gasteiger partial charge on any atom is -0.309 e. The van der Waals surface area contributed by atoms with Gasteiger partial charge in [-0.15, -0.1) is 0 Å². The van der Waals surface area contributed by atoms with Crippen molar-refractivity contribution in [3.8, 4) is 40.3 Å². The molecule has 0 fully saturated rings. The lowest BCUT2D eigenvalue weighted by Gasteiger charge is -2.16. The zero-order valence-electron chi connectivity index (χ0n) is 29.5. The molecule has 0 aliphatic heterocycles. The van der Waals surface area contributed by atoms with Gasteiger partial charge < -0.3 is 13.7 Å². The lowest BCUT2D eigenvalue weighted by molar-refractivity contribution is 1.15. The zero-order chi connectivity index (χ0) is 36.6. The van der Waals surface area contributed by atoms with Gasteiger partial charge in [-0.3, -0.25) is 0 Å². The SMILES string of the molecule is N#Cc1ccc(-c2ccc(-n3c4ccccc4c4ccc(-n5c6ccccc6c6cc(C#N)ccc65)cc43)cc2)c(-n2c3ccccc3c3ccccc32)c1. The van der Waals surface area contributed by atoms with Crippen molar-refractivity contribution in [1.82, 2.24) is 13.7 Å². The normalized spacial score (nSPS) is 11.6. The Morgan fingerprint density at radius 1 is 0.327 bits per heavy atom. The number of aromatic nitrogens is 3. The fourth-order valence-electron chi connectivity index (χ4n) is 8.70. The number of rotatable bonds is 4. The molecule has 3 aromatic heterocycles. The van der Waals surface area contributed by atoms with Crippen LogP contribution >= 0.6 is 0 Å². The van der Waals surface area contributed by atoms with Crippen LogP contribution in [0.4, 0.5) is 0 Å². The van der Waals surface area contributed by atoms with E-state index in [1.807, 2.05) is 24.3 Å².